The Bertz CT molecular complexity index is 363. The Morgan fingerprint density at radius 1 is 1.47 bits per heavy atom. The van der Waals surface area contributed by atoms with Crippen LogP contribution in [0.1, 0.15) is 20.3 Å². The highest BCUT2D eigenvalue weighted by atomic mass is 35.5. The van der Waals surface area contributed by atoms with Crippen LogP contribution in [0, 0.1) is 11.3 Å². The molecule has 0 fully saturated rings. The van der Waals surface area contributed by atoms with E-state index in [9.17, 15) is 0 Å². The first-order valence-corrected chi connectivity index (χ1v) is 5.92. The third kappa shape index (κ3) is 4.99. The first kappa shape index (κ1) is 13.7. The normalized spacial score (nSPS) is 10.6. The van der Waals surface area contributed by atoms with Crippen LogP contribution in [0.15, 0.2) is 12.4 Å². The average Bonchev–Trinajstić information content (AvgIpc) is 2.25. The number of amidine groups is 1. The summed E-state index contributed by atoms with van der Waals surface area (Å²) in [6.45, 7) is 5.72. The molecule has 0 aliphatic rings. The van der Waals surface area contributed by atoms with Crippen molar-refractivity contribution in [1.82, 2.24) is 9.97 Å². The van der Waals surface area contributed by atoms with Crippen molar-refractivity contribution < 1.29 is 0 Å². The first-order valence-electron chi connectivity index (χ1n) is 5.54. The summed E-state index contributed by atoms with van der Waals surface area (Å²) in [7, 11) is 0. The number of halogens is 1. The number of hydrogen-bond donors (Lipinski definition) is 2. The number of nitrogens with zero attached hydrogens (tertiary/aromatic N) is 3. The highest BCUT2D eigenvalue weighted by Crippen LogP contribution is 2.12. The maximum Gasteiger partial charge on any atom is 0.225 e. The Balaban J connectivity index is 2.74. The van der Waals surface area contributed by atoms with Gasteiger partial charge in [-0.3, -0.25) is 5.41 Å². The van der Waals surface area contributed by atoms with Gasteiger partial charge in [0.25, 0.3) is 0 Å². The van der Waals surface area contributed by atoms with E-state index in [2.05, 4.69) is 23.8 Å². The molecule has 0 bridgehead atoms. The number of nitrogens with two attached hydrogens (primary N) is 1. The zero-order valence-electron chi connectivity index (χ0n) is 10.2. The molecule has 0 aliphatic heterocycles. The van der Waals surface area contributed by atoms with E-state index in [1.807, 2.05) is 4.90 Å². The molecule has 0 saturated heterocycles. The molecule has 1 rings (SSSR count). The van der Waals surface area contributed by atoms with Crippen molar-refractivity contribution in [3.8, 4) is 0 Å². The van der Waals surface area contributed by atoms with Crippen LogP contribution in [0.2, 0.25) is 5.02 Å². The van der Waals surface area contributed by atoms with Crippen molar-refractivity contribution in [2.24, 2.45) is 11.7 Å². The summed E-state index contributed by atoms with van der Waals surface area (Å²) in [5, 5.41) is 7.77. The Morgan fingerprint density at radius 3 is 2.53 bits per heavy atom. The molecule has 0 amide bonds. The van der Waals surface area contributed by atoms with Crippen molar-refractivity contribution in [2.75, 3.05) is 18.0 Å². The number of nitrogens with one attached hydrogen (secondary N) is 1. The molecule has 94 valence electrons. The third-order valence-corrected chi connectivity index (χ3v) is 2.32. The molecule has 1 heterocycles. The summed E-state index contributed by atoms with van der Waals surface area (Å²) in [6.07, 6.45) is 3.66. The zero-order valence-corrected chi connectivity index (χ0v) is 10.9. The maximum absolute atomic E-state index is 7.26. The van der Waals surface area contributed by atoms with Crippen LogP contribution in [0.4, 0.5) is 5.95 Å². The number of anilines is 1. The lowest BCUT2D eigenvalue weighted by Gasteiger charge is -2.24. The predicted molar refractivity (Wildman–Crippen MR) is 70.6 cm³/mol. The molecule has 0 saturated carbocycles. The van der Waals surface area contributed by atoms with Gasteiger partial charge in [0, 0.05) is 19.5 Å². The molecule has 0 unspecified atom stereocenters. The minimum atomic E-state index is 0.174. The van der Waals surface area contributed by atoms with Crippen LogP contribution in [0.25, 0.3) is 0 Å². The molecule has 0 spiro atoms. The summed E-state index contributed by atoms with van der Waals surface area (Å²) in [5.74, 6) is 1.29. The summed E-state index contributed by atoms with van der Waals surface area (Å²) in [5.41, 5.74) is 5.37. The molecule has 3 N–H and O–H groups in total. The molecule has 5 nitrogen and oxygen atoms in total. The van der Waals surface area contributed by atoms with Crippen molar-refractivity contribution in [3.05, 3.63) is 17.4 Å². The van der Waals surface area contributed by atoms with E-state index in [-0.39, 0.29) is 5.84 Å². The van der Waals surface area contributed by atoms with Gasteiger partial charge in [0.1, 0.15) is 0 Å². The number of rotatable bonds is 6. The topological polar surface area (TPSA) is 78.9 Å². The number of hydrogen-bond acceptors (Lipinski definition) is 4. The molecular formula is C11H18ClN5. The minimum Gasteiger partial charge on any atom is -0.388 e. The lowest BCUT2D eigenvalue weighted by atomic mass is 10.2. The fourth-order valence-corrected chi connectivity index (χ4v) is 1.54. The standard InChI is InChI=1S/C11H18ClN5/c1-8(2)7-17(4-3-10(13)14)11-15-5-9(12)6-16-11/h5-6,8H,3-4,7H2,1-2H3,(H3,13,14). The fraction of sp³-hybridized carbons (Fsp3) is 0.545. The van der Waals surface area contributed by atoms with Gasteiger partial charge in [0.15, 0.2) is 0 Å². The van der Waals surface area contributed by atoms with E-state index >= 15 is 0 Å². The highest BCUT2D eigenvalue weighted by Gasteiger charge is 2.11. The van der Waals surface area contributed by atoms with E-state index in [4.69, 9.17) is 22.7 Å². The second-order valence-corrected chi connectivity index (χ2v) is 4.75. The van der Waals surface area contributed by atoms with E-state index in [0.29, 0.717) is 29.9 Å². The van der Waals surface area contributed by atoms with E-state index < -0.39 is 0 Å². The highest BCUT2D eigenvalue weighted by molar-refractivity contribution is 6.30. The first-order chi connectivity index (χ1) is 7.99. The van der Waals surface area contributed by atoms with Crippen molar-refractivity contribution >= 4 is 23.4 Å². The van der Waals surface area contributed by atoms with Gasteiger partial charge in [-0.15, -0.1) is 0 Å². The SMILES string of the molecule is CC(C)CN(CCC(=N)N)c1ncc(Cl)cn1. The van der Waals surface area contributed by atoms with E-state index in [1.165, 1.54) is 0 Å². The third-order valence-electron chi connectivity index (χ3n) is 2.13. The molecule has 0 aromatic carbocycles. The van der Waals surface area contributed by atoms with Gasteiger partial charge < -0.3 is 10.6 Å². The van der Waals surface area contributed by atoms with Gasteiger partial charge in [-0.25, -0.2) is 9.97 Å². The monoisotopic (exact) mass is 255 g/mol. The molecule has 0 aliphatic carbocycles. The molecule has 17 heavy (non-hydrogen) atoms. The van der Waals surface area contributed by atoms with Crippen molar-refractivity contribution in [2.45, 2.75) is 20.3 Å². The summed E-state index contributed by atoms with van der Waals surface area (Å²) < 4.78 is 0. The Kier molecular flexibility index (Phi) is 5.15. The second-order valence-electron chi connectivity index (χ2n) is 4.32. The fourth-order valence-electron chi connectivity index (χ4n) is 1.44. The average molecular weight is 256 g/mol. The van der Waals surface area contributed by atoms with Crippen LogP contribution in [0.5, 0.6) is 0 Å². The van der Waals surface area contributed by atoms with Crippen LogP contribution < -0.4 is 10.6 Å². The molecule has 1 aromatic rings. The summed E-state index contributed by atoms with van der Waals surface area (Å²) in [6, 6.07) is 0. The van der Waals surface area contributed by atoms with Crippen molar-refractivity contribution in [3.63, 3.8) is 0 Å². The van der Waals surface area contributed by atoms with Crippen molar-refractivity contribution in [1.29, 1.82) is 5.41 Å². The smallest absolute Gasteiger partial charge is 0.225 e. The van der Waals surface area contributed by atoms with Gasteiger partial charge in [-0.2, -0.15) is 0 Å². The lowest BCUT2D eigenvalue weighted by molar-refractivity contribution is 0.603. The number of aromatic nitrogens is 2. The second kappa shape index (κ2) is 6.39. The maximum atomic E-state index is 7.26. The molecular weight excluding hydrogens is 238 g/mol. The predicted octanol–water partition coefficient (Wildman–Crippen LogP) is 1.92. The molecule has 0 radical (unpaired) electrons. The zero-order chi connectivity index (χ0) is 12.8. The van der Waals surface area contributed by atoms with Crippen LogP contribution >= 0.6 is 11.6 Å². The van der Waals surface area contributed by atoms with Crippen LogP contribution in [-0.2, 0) is 0 Å². The quantitative estimate of drug-likeness (QED) is 0.601. The van der Waals surface area contributed by atoms with Gasteiger partial charge in [0.2, 0.25) is 5.95 Å². The molecule has 0 atom stereocenters. The summed E-state index contributed by atoms with van der Waals surface area (Å²) in [4.78, 5) is 10.4. The van der Waals surface area contributed by atoms with Gasteiger partial charge >= 0.3 is 0 Å². The Hall–Kier alpha value is -1.36. The van der Waals surface area contributed by atoms with E-state index in [1.54, 1.807) is 12.4 Å². The van der Waals surface area contributed by atoms with Crippen LogP contribution in [0.3, 0.4) is 0 Å². The minimum absolute atomic E-state index is 0.174. The van der Waals surface area contributed by atoms with E-state index in [0.717, 1.165) is 6.54 Å². The Labute approximate surface area is 107 Å². The molecule has 6 heteroatoms. The molecule has 1 aromatic heterocycles. The van der Waals surface area contributed by atoms with Crippen LogP contribution in [-0.4, -0.2) is 28.9 Å². The van der Waals surface area contributed by atoms with Gasteiger partial charge in [-0.05, 0) is 5.92 Å². The lowest BCUT2D eigenvalue weighted by Crippen LogP contribution is -2.32. The van der Waals surface area contributed by atoms with Gasteiger partial charge in [0.05, 0.1) is 23.3 Å². The largest absolute Gasteiger partial charge is 0.388 e. The summed E-state index contributed by atoms with van der Waals surface area (Å²) >= 11 is 5.75. The Morgan fingerprint density at radius 2 is 2.06 bits per heavy atom. The van der Waals surface area contributed by atoms with Gasteiger partial charge in [-0.1, -0.05) is 25.4 Å².